The minimum Gasteiger partial charge on any atom is -0.455 e. The molecule has 0 aliphatic heterocycles. The largest absolute Gasteiger partial charge is 0.455 e. The van der Waals surface area contributed by atoms with Gasteiger partial charge in [0.1, 0.15) is 34.5 Å². The van der Waals surface area contributed by atoms with E-state index in [0.29, 0.717) is 22.5 Å². The first-order chi connectivity index (χ1) is 43.6. The van der Waals surface area contributed by atoms with Crippen LogP contribution in [0.3, 0.4) is 0 Å². The molecule has 0 spiro atoms. The molecule has 0 aliphatic rings. The minimum atomic E-state index is 0.402. The third-order valence-corrected chi connectivity index (χ3v) is 18.4. The van der Waals surface area contributed by atoms with Crippen molar-refractivity contribution in [3.05, 3.63) is 278 Å². The van der Waals surface area contributed by atoms with Gasteiger partial charge < -0.3 is 27.1 Å². The van der Waals surface area contributed by atoms with Crippen molar-refractivity contribution in [1.82, 2.24) is 18.3 Å². The van der Waals surface area contributed by atoms with Crippen LogP contribution in [0, 0.1) is 22.7 Å². The fourth-order valence-corrected chi connectivity index (χ4v) is 14.6. The summed E-state index contributed by atoms with van der Waals surface area (Å²) in [4.78, 5) is 0. The first kappa shape index (κ1) is 48.1. The molecule has 0 unspecified atom stereocenters. The summed E-state index contributed by atoms with van der Waals surface area (Å²) in [5.41, 5.74) is 19.4. The van der Waals surface area contributed by atoms with Crippen LogP contribution in [0.5, 0.6) is 0 Å². The maximum atomic E-state index is 11.6. The lowest BCUT2D eigenvalue weighted by Crippen LogP contribution is -2.04. The Kier molecular flexibility index (Phi) is 9.87. The number of benzene rings is 13. The van der Waals surface area contributed by atoms with Crippen molar-refractivity contribution in [2.75, 3.05) is 0 Å². The average Bonchev–Trinajstić information content (AvgIpc) is 1.62. The third-order valence-electron chi connectivity index (χ3n) is 18.4. The van der Waals surface area contributed by atoms with E-state index in [1.807, 2.05) is 48.5 Å². The first-order valence-electron chi connectivity index (χ1n) is 29.5. The molecule has 0 aliphatic carbocycles. The summed E-state index contributed by atoms with van der Waals surface area (Å²) in [5, 5.41) is 35.7. The van der Waals surface area contributed by atoms with Crippen molar-refractivity contribution in [3.63, 3.8) is 0 Å². The molecule has 0 amide bonds. The molecule has 0 N–H and O–H groups in total. The maximum Gasteiger partial charge on any atom is 0.145 e. The molecular formula is C80H44N6O2. The lowest BCUT2D eigenvalue weighted by atomic mass is 10.0. The molecule has 8 heteroatoms. The third kappa shape index (κ3) is 6.65. The number of furan rings is 2. The molecule has 0 bridgehead atoms. The number of nitriles is 2. The summed E-state index contributed by atoms with van der Waals surface area (Å²) in [7, 11) is 0. The van der Waals surface area contributed by atoms with Crippen LogP contribution < -0.4 is 0 Å². The second-order valence-electron chi connectivity index (χ2n) is 23.0. The number of para-hydroxylation sites is 6. The predicted molar refractivity (Wildman–Crippen MR) is 359 cm³/mol. The van der Waals surface area contributed by atoms with Crippen molar-refractivity contribution in [3.8, 4) is 57.1 Å². The van der Waals surface area contributed by atoms with Gasteiger partial charge in [-0.2, -0.15) is 10.5 Å². The van der Waals surface area contributed by atoms with Crippen molar-refractivity contribution < 1.29 is 8.83 Å². The van der Waals surface area contributed by atoms with Gasteiger partial charge in [-0.05, 0) is 144 Å². The fraction of sp³-hybridized carbons (Fsp3) is 0. The molecule has 88 heavy (non-hydrogen) atoms. The number of fused-ring (bicyclic) bond motifs is 20. The lowest BCUT2D eigenvalue weighted by molar-refractivity contribution is 0.672. The Morgan fingerprint density at radius 2 is 0.591 bits per heavy atom. The molecule has 19 rings (SSSR count). The average molecular weight is 1120 g/mol. The van der Waals surface area contributed by atoms with Crippen molar-refractivity contribution in [2.45, 2.75) is 0 Å². The van der Waals surface area contributed by atoms with Gasteiger partial charge in [-0.15, -0.1) is 0 Å². The Hall–Kier alpha value is -12.4. The Labute approximate surface area is 501 Å². The fourth-order valence-electron chi connectivity index (χ4n) is 14.6. The Morgan fingerprint density at radius 1 is 0.250 bits per heavy atom. The molecule has 8 nitrogen and oxygen atoms in total. The van der Waals surface area contributed by atoms with E-state index in [1.54, 1.807) is 0 Å². The van der Waals surface area contributed by atoms with E-state index in [1.165, 1.54) is 21.5 Å². The molecule has 0 saturated carbocycles. The molecule has 0 atom stereocenters. The molecule has 0 radical (unpaired) electrons. The van der Waals surface area contributed by atoms with Gasteiger partial charge in [0.05, 0.1) is 77.4 Å². The molecule has 0 fully saturated rings. The number of aromatic nitrogens is 4. The van der Waals surface area contributed by atoms with Gasteiger partial charge in [0.15, 0.2) is 0 Å². The summed E-state index contributed by atoms with van der Waals surface area (Å²) in [6.45, 7) is 0. The summed E-state index contributed by atoms with van der Waals surface area (Å²) in [5.74, 6) is 0. The van der Waals surface area contributed by atoms with Crippen LogP contribution in [-0.2, 0) is 0 Å². The van der Waals surface area contributed by atoms with Crippen LogP contribution in [-0.4, -0.2) is 18.3 Å². The van der Waals surface area contributed by atoms with E-state index in [4.69, 9.17) is 8.83 Å². The molecular weight excluding hydrogens is 1080 g/mol. The summed E-state index contributed by atoms with van der Waals surface area (Å²) >= 11 is 0. The first-order valence-corrected chi connectivity index (χ1v) is 29.5. The lowest BCUT2D eigenvalue weighted by Gasteiger charge is -2.16. The highest BCUT2D eigenvalue weighted by molar-refractivity contribution is 6.26. The number of nitrogens with zero attached hydrogens (tertiary/aromatic N) is 6. The zero-order valence-electron chi connectivity index (χ0n) is 46.9. The summed E-state index contributed by atoms with van der Waals surface area (Å²) in [6, 6.07) is 98.8. The normalized spacial score (nSPS) is 12.1. The van der Waals surface area contributed by atoms with Crippen LogP contribution in [0.4, 0.5) is 0 Å². The second kappa shape index (κ2) is 18.1. The number of rotatable bonds is 6. The Morgan fingerprint density at radius 3 is 1.03 bits per heavy atom. The quantitative estimate of drug-likeness (QED) is 0.166. The monoisotopic (exact) mass is 1120 g/mol. The second-order valence-corrected chi connectivity index (χ2v) is 23.0. The van der Waals surface area contributed by atoms with Gasteiger partial charge in [0.2, 0.25) is 0 Å². The van der Waals surface area contributed by atoms with E-state index in [9.17, 15) is 10.5 Å². The van der Waals surface area contributed by atoms with Crippen LogP contribution in [0.2, 0.25) is 0 Å². The zero-order valence-corrected chi connectivity index (χ0v) is 46.9. The highest BCUT2D eigenvalue weighted by atomic mass is 16.3. The van der Waals surface area contributed by atoms with Crippen LogP contribution in [0.15, 0.2) is 276 Å². The molecule has 406 valence electrons. The van der Waals surface area contributed by atoms with Gasteiger partial charge in [-0.3, -0.25) is 0 Å². The summed E-state index contributed by atoms with van der Waals surface area (Å²) < 4.78 is 22.7. The number of hydrogen-bond donors (Lipinski definition) is 0. The van der Waals surface area contributed by atoms with Gasteiger partial charge in [-0.25, -0.2) is 0 Å². The molecule has 6 aromatic heterocycles. The molecule has 6 heterocycles. The van der Waals surface area contributed by atoms with E-state index in [0.717, 1.165) is 143 Å². The highest BCUT2D eigenvalue weighted by Crippen LogP contribution is 2.47. The molecule has 19 aromatic rings. The van der Waals surface area contributed by atoms with Crippen molar-refractivity contribution in [1.29, 1.82) is 10.5 Å². The smallest absolute Gasteiger partial charge is 0.145 e. The van der Waals surface area contributed by atoms with Gasteiger partial charge in [0, 0.05) is 65.2 Å². The van der Waals surface area contributed by atoms with Crippen LogP contribution in [0.25, 0.3) is 176 Å². The van der Waals surface area contributed by atoms with Crippen molar-refractivity contribution >= 4 is 131 Å². The predicted octanol–water partition coefficient (Wildman–Crippen LogP) is 21.0. The SMILES string of the molecule is N#Cc1cc(-n2c3ccc(-c4ccc5c6ccccc6n(-c6ccccc6)c5c4)cc3c3c4oc5ccccc5c4ccc32)c(C#N)cc1-n1c2ccc(-c3ccc4c5ccccc5n(-c5ccccc5)c4c3)cc2c2c3oc4ccccc4c3ccc21. The van der Waals surface area contributed by atoms with E-state index in [2.05, 4.69) is 249 Å². The van der Waals surface area contributed by atoms with Gasteiger partial charge in [-0.1, -0.05) is 146 Å². The van der Waals surface area contributed by atoms with E-state index in [-0.39, 0.29) is 0 Å². The number of hydrogen-bond acceptors (Lipinski definition) is 4. The van der Waals surface area contributed by atoms with Gasteiger partial charge in [0.25, 0.3) is 0 Å². The molecule has 0 saturated heterocycles. The van der Waals surface area contributed by atoms with Crippen LogP contribution >= 0.6 is 0 Å². The van der Waals surface area contributed by atoms with Crippen LogP contribution in [0.1, 0.15) is 11.1 Å². The van der Waals surface area contributed by atoms with E-state index >= 15 is 0 Å². The Balaban J connectivity index is 0.829. The zero-order chi connectivity index (χ0) is 57.9. The topological polar surface area (TPSA) is 93.6 Å². The van der Waals surface area contributed by atoms with Crippen molar-refractivity contribution in [2.24, 2.45) is 0 Å². The summed E-state index contributed by atoms with van der Waals surface area (Å²) in [6.07, 6.45) is 0. The van der Waals surface area contributed by atoms with E-state index < -0.39 is 0 Å². The van der Waals surface area contributed by atoms with Gasteiger partial charge >= 0.3 is 0 Å². The molecule has 13 aromatic carbocycles. The highest BCUT2D eigenvalue weighted by Gasteiger charge is 2.26. The maximum absolute atomic E-state index is 11.6. The standard InChI is InChI=1S/C80H44N6O2/c81-45-51-44-72(86-68-36-30-48(40-64(68)78-70(86)38-34-62-60-22-10-14-26-76(60)88-80(62)78)50-28-32-58-56-20-8-12-24-66(56)84(74(58)42-50)54-17-5-2-6-18-54)52(46-82)43-71(51)85-67-35-29-47(39-63(67)77-69(85)37-33-61-59-21-9-13-25-75(59)87-79(61)77)49-27-31-57-55-19-7-11-23-65(55)83(73(57)41-49)53-15-3-1-4-16-53/h1-44H. The Bertz CT molecular complexity index is 5940. The minimum absolute atomic E-state index is 0.402.